The van der Waals surface area contributed by atoms with Gasteiger partial charge in [-0.2, -0.15) is 0 Å². The highest BCUT2D eigenvalue weighted by Crippen LogP contribution is 2.06. The zero-order valence-electron chi connectivity index (χ0n) is 9.84. The number of carboxylic acid groups (broad SMARTS) is 2. The van der Waals surface area contributed by atoms with E-state index in [1.54, 1.807) is 12.2 Å². The molecule has 0 spiro atoms. The molecule has 0 fully saturated rings. The summed E-state index contributed by atoms with van der Waals surface area (Å²) >= 11 is 0. The van der Waals surface area contributed by atoms with E-state index in [9.17, 15) is 9.59 Å². The molecule has 5 nitrogen and oxygen atoms in total. The first kappa shape index (κ1) is 17.1. The van der Waals surface area contributed by atoms with Gasteiger partial charge in [-0.1, -0.05) is 12.2 Å². The van der Waals surface area contributed by atoms with Crippen molar-refractivity contribution in [2.75, 3.05) is 0 Å². The Labute approximate surface area is 99.7 Å². The molecule has 0 aliphatic carbocycles. The lowest BCUT2D eigenvalue weighted by molar-refractivity contribution is 0.0631. The van der Waals surface area contributed by atoms with Crippen LogP contribution in [0.25, 0.3) is 0 Å². The molecule has 0 saturated heterocycles. The van der Waals surface area contributed by atoms with Crippen LogP contribution in [0.5, 0.6) is 0 Å². The van der Waals surface area contributed by atoms with Gasteiger partial charge in [0.2, 0.25) is 11.5 Å². The van der Waals surface area contributed by atoms with Crippen LogP contribution < -0.4 is 0 Å². The number of carboxylic acids is 2. The lowest BCUT2D eigenvalue weighted by atomic mass is 10.4. The van der Waals surface area contributed by atoms with Crippen LogP contribution in [0.15, 0.2) is 41.9 Å². The van der Waals surface area contributed by atoms with Gasteiger partial charge in [0.25, 0.3) is 0 Å². The van der Waals surface area contributed by atoms with Crippen molar-refractivity contribution in [3.63, 3.8) is 0 Å². The first-order valence-corrected chi connectivity index (χ1v) is 4.65. The summed E-state index contributed by atoms with van der Waals surface area (Å²) in [6, 6.07) is 2.18. The summed E-state index contributed by atoms with van der Waals surface area (Å²) in [6.45, 7) is 10.5. The number of furan rings is 1. The van der Waals surface area contributed by atoms with Gasteiger partial charge in [0.15, 0.2) is 0 Å². The average molecular weight is 240 g/mol. The van der Waals surface area contributed by atoms with Crippen LogP contribution >= 0.6 is 0 Å². The Morgan fingerprint density at radius 2 is 1.29 bits per heavy atom. The van der Waals surface area contributed by atoms with E-state index >= 15 is 0 Å². The highest BCUT2D eigenvalue weighted by atomic mass is 16.4. The third-order valence-corrected chi connectivity index (χ3v) is 1.03. The molecule has 5 heteroatoms. The summed E-state index contributed by atoms with van der Waals surface area (Å²) in [5, 5.41) is 16.6. The fourth-order valence-electron chi connectivity index (χ4n) is 0.568. The maximum Gasteiger partial charge on any atom is 0.371 e. The summed E-state index contributed by atoms with van der Waals surface area (Å²) in [7, 11) is 0. The molecule has 0 unspecified atom stereocenters. The van der Waals surface area contributed by atoms with Crippen molar-refractivity contribution in [1.29, 1.82) is 0 Å². The topological polar surface area (TPSA) is 87.7 Å². The predicted molar refractivity (Wildman–Crippen MR) is 64.4 cm³/mol. The molecule has 0 aliphatic heterocycles. The smallest absolute Gasteiger partial charge is 0.371 e. The standard InChI is InChI=1S/C6H4O5.2C3H6/c7-5(8)3-1-2-4(11-3)6(9)10;2*1-3-2/h1-2H,(H,7,8)(H,9,10);2*3H,1H2,2H3. The number of aromatic carboxylic acids is 2. The maximum absolute atomic E-state index is 10.2. The molecule has 0 amide bonds. The van der Waals surface area contributed by atoms with E-state index in [0.717, 1.165) is 12.1 Å². The van der Waals surface area contributed by atoms with Gasteiger partial charge in [-0.3, -0.25) is 0 Å². The van der Waals surface area contributed by atoms with Crippen LogP contribution in [0.1, 0.15) is 35.0 Å². The second kappa shape index (κ2) is 10.2. The zero-order valence-corrected chi connectivity index (χ0v) is 9.84. The SMILES string of the molecule is C=CC.C=CC.O=C(O)c1ccc(C(=O)O)o1. The van der Waals surface area contributed by atoms with E-state index in [-0.39, 0.29) is 11.5 Å². The second-order valence-electron chi connectivity index (χ2n) is 2.59. The van der Waals surface area contributed by atoms with Gasteiger partial charge in [0, 0.05) is 0 Å². The molecule has 0 bridgehead atoms. The molecule has 0 radical (unpaired) electrons. The first-order valence-electron chi connectivity index (χ1n) is 4.65. The number of carbonyl (C=O) groups is 2. The zero-order chi connectivity index (χ0) is 13.8. The molecular formula is C12H16O5. The summed E-state index contributed by atoms with van der Waals surface area (Å²) in [6.07, 6.45) is 3.50. The van der Waals surface area contributed by atoms with Crippen LogP contribution in [0.4, 0.5) is 0 Å². The van der Waals surface area contributed by atoms with Crippen LogP contribution in [0, 0.1) is 0 Å². The molecule has 17 heavy (non-hydrogen) atoms. The van der Waals surface area contributed by atoms with Gasteiger partial charge in [0.1, 0.15) is 0 Å². The monoisotopic (exact) mass is 240 g/mol. The van der Waals surface area contributed by atoms with E-state index < -0.39 is 11.9 Å². The van der Waals surface area contributed by atoms with Gasteiger partial charge in [0.05, 0.1) is 0 Å². The minimum absolute atomic E-state index is 0.373. The number of hydrogen-bond donors (Lipinski definition) is 2. The molecule has 1 aromatic heterocycles. The summed E-state index contributed by atoms with van der Waals surface area (Å²) in [4.78, 5) is 20.3. The van der Waals surface area contributed by atoms with Gasteiger partial charge in [-0.05, 0) is 26.0 Å². The minimum atomic E-state index is -1.28. The van der Waals surface area contributed by atoms with Crippen molar-refractivity contribution in [3.8, 4) is 0 Å². The van der Waals surface area contributed by atoms with Crippen LogP contribution in [0.3, 0.4) is 0 Å². The molecule has 0 atom stereocenters. The van der Waals surface area contributed by atoms with Crippen LogP contribution in [-0.2, 0) is 0 Å². The average Bonchev–Trinajstić information content (AvgIpc) is 2.68. The molecule has 1 heterocycles. The van der Waals surface area contributed by atoms with Gasteiger partial charge < -0.3 is 14.6 Å². The van der Waals surface area contributed by atoms with Crippen molar-refractivity contribution < 1.29 is 24.2 Å². The molecule has 2 N–H and O–H groups in total. The molecule has 1 aromatic rings. The predicted octanol–water partition coefficient (Wildman–Crippen LogP) is 3.06. The Morgan fingerprint density at radius 3 is 1.41 bits per heavy atom. The van der Waals surface area contributed by atoms with E-state index in [2.05, 4.69) is 17.6 Å². The Bertz CT molecular complexity index is 342. The highest BCUT2D eigenvalue weighted by molar-refractivity contribution is 5.88. The molecule has 94 valence electrons. The lowest BCUT2D eigenvalue weighted by Gasteiger charge is -1.84. The van der Waals surface area contributed by atoms with Crippen molar-refractivity contribution in [1.82, 2.24) is 0 Å². The third-order valence-electron chi connectivity index (χ3n) is 1.03. The van der Waals surface area contributed by atoms with Crippen LogP contribution in [0.2, 0.25) is 0 Å². The van der Waals surface area contributed by atoms with E-state index in [4.69, 9.17) is 10.2 Å². The minimum Gasteiger partial charge on any atom is -0.475 e. The molecular weight excluding hydrogens is 224 g/mol. The largest absolute Gasteiger partial charge is 0.475 e. The fourth-order valence-corrected chi connectivity index (χ4v) is 0.568. The van der Waals surface area contributed by atoms with Crippen molar-refractivity contribution in [3.05, 3.63) is 49.0 Å². The highest BCUT2D eigenvalue weighted by Gasteiger charge is 2.12. The van der Waals surface area contributed by atoms with Crippen molar-refractivity contribution in [2.45, 2.75) is 13.8 Å². The lowest BCUT2D eigenvalue weighted by Crippen LogP contribution is -1.94. The summed E-state index contributed by atoms with van der Waals surface area (Å²) in [5.41, 5.74) is 0. The number of allylic oxidation sites excluding steroid dienone is 2. The van der Waals surface area contributed by atoms with E-state index in [0.29, 0.717) is 0 Å². The summed E-state index contributed by atoms with van der Waals surface area (Å²) < 4.78 is 4.41. The quantitative estimate of drug-likeness (QED) is 0.775. The van der Waals surface area contributed by atoms with Crippen molar-refractivity contribution >= 4 is 11.9 Å². The first-order chi connectivity index (χ1) is 7.94. The van der Waals surface area contributed by atoms with Crippen molar-refractivity contribution in [2.24, 2.45) is 0 Å². The van der Waals surface area contributed by atoms with E-state index in [1.807, 2.05) is 13.8 Å². The Balaban J connectivity index is 0. The third kappa shape index (κ3) is 8.68. The summed E-state index contributed by atoms with van der Waals surface area (Å²) in [5.74, 6) is -3.31. The van der Waals surface area contributed by atoms with Gasteiger partial charge in [-0.25, -0.2) is 9.59 Å². The molecule has 0 aliphatic rings. The maximum atomic E-state index is 10.2. The number of hydrogen-bond acceptors (Lipinski definition) is 3. The number of rotatable bonds is 2. The normalized spacial score (nSPS) is 7.65. The van der Waals surface area contributed by atoms with Gasteiger partial charge in [-0.15, -0.1) is 13.2 Å². The molecule has 0 saturated carbocycles. The fraction of sp³-hybridized carbons (Fsp3) is 0.167. The van der Waals surface area contributed by atoms with E-state index in [1.165, 1.54) is 0 Å². The Morgan fingerprint density at radius 1 is 1.06 bits per heavy atom. The molecule has 0 aromatic carbocycles. The Kier molecular flexibility index (Phi) is 10.3. The second-order valence-corrected chi connectivity index (χ2v) is 2.59. The van der Waals surface area contributed by atoms with Crippen LogP contribution in [-0.4, -0.2) is 22.2 Å². The molecule has 1 rings (SSSR count). The Hall–Kier alpha value is -2.30. The van der Waals surface area contributed by atoms with Gasteiger partial charge >= 0.3 is 11.9 Å².